The molecule has 5 nitrogen and oxygen atoms in total. The lowest BCUT2D eigenvalue weighted by Crippen LogP contribution is -2.44. The van der Waals surface area contributed by atoms with E-state index in [0.717, 1.165) is 24.1 Å². The minimum atomic E-state index is -3.21. The van der Waals surface area contributed by atoms with Gasteiger partial charge >= 0.3 is 0 Å². The second kappa shape index (κ2) is 8.61. The normalized spacial score (nSPS) is 20.7. The number of nitrogens with one attached hydrogen (secondary N) is 1. The van der Waals surface area contributed by atoms with Crippen molar-refractivity contribution in [2.75, 3.05) is 19.4 Å². The highest BCUT2D eigenvalue weighted by molar-refractivity contribution is 7.90. The van der Waals surface area contributed by atoms with Crippen LogP contribution in [0.5, 0.6) is 5.75 Å². The van der Waals surface area contributed by atoms with Crippen molar-refractivity contribution in [1.29, 1.82) is 0 Å². The highest BCUT2D eigenvalue weighted by atomic mass is 35.5. The van der Waals surface area contributed by atoms with E-state index in [4.69, 9.17) is 16.3 Å². The fourth-order valence-corrected chi connectivity index (χ4v) is 3.98. The molecule has 1 atom stereocenters. The summed E-state index contributed by atoms with van der Waals surface area (Å²) in [5.74, 6) is 1.05. The molecule has 0 amide bonds. The van der Waals surface area contributed by atoms with Crippen molar-refractivity contribution in [2.45, 2.75) is 35.8 Å². The van der Waals surface area contributed by atoms with Crippen molar-refractivity contribution in [1.82, 2.24) is 5.32 Å². The van der Waals surface area contributed by atoms with E-state index in [1.165, 1.54) is 17.7 Å². The van der Waals surface area contributed by atoms with Crippen molar-refractivity contribution in [3.8, 4) is 5.75 Å². The zero-order chi connectivity index (χ0) is 19.4. The van der Waals surface area contributed by atoms with Gasteiger partial charge in [0, 0.05) is 23.9 Å². The van der Waals surface area contributed by atoms with Gasteiger partial charge in [-0.05, 0) is 60.7 Å². The third-order valence-electron chi connectivity index (χ3n) is 4.79. The Morgan fingerprint density at radius 1 is 1.22 bits per heavy atom. The Kier molecular flexibility index (Phi) is 6.42. The zero-order valence-electron chi connectivity index (χ0n) is 15.1. The minimum absolute atomic E-state index is 0.148. The molecule has 1 fully saturated rings. The van der Waals surface area contributed by atoms with Gasteiger partial charge in [0.2, 0.25) is 0 Å². The number of rotatable bonds is 8. The molecule has 27 heavy (non-hydrogen) atoms. The van der Waals surface area contributed by atoms with Crippen LogP contribution in [0, 0.1) is 0 Å². The van der Waals surface area contributed by atoms with Crippen LogP contribution in [0.1, 0.15) is 24.3 Å². The summed E-state index contributed by atoms with van der Waals surface area (Å²) in [4.78, 5) is 0.247. The molecule has 0 aromatic heterocycles. The summed E-state index contributed by atoms with van der Waals surface area (Å²) in [5.41, 5.74) is 1.27. The van der Waals surface area contributed by atoms with E-state index < -0.39 is 15.9 Å². The van der Waals surface area contributed by atoms with Gasteiger partial charge in [-0.15, -0.1) is 0 Å². The lowest BCUT2D eigenvalue weighted by Gasteiger charge is -2.37. The highest BCUT2D eigenvalue weighted by Crippen LogP contribution is 2.37. The van der Waals surface area contributed by atoms with Crippen molar-refractivity contribution >= 4 is 21.4 Å². The number of hydrogen-bond acceptors (Lipinski definition) is 5. The maximum absolute atomic E-state index is 11.4. The van der Waals surface area contributed by atoms with Gasteiger partial charge in [-0.3, -0.25) is 0 Å². The number of sulfone groups is 1. The Hall–Kier alpha value is -1.60. The lowest BCUT2D eigenvalue weighted by molar-refractivity contribution is 0.0981. The van der Waals surface area contributed by atoms with Crippen LogP contribution in [0.15, 0.2) is 53.4 Å². The second-order valence-corrected chi connectivity index (χ2v) is 9.49. The van der Waals surface area contributed by atoms with Crippen LogP contribution in [0.4, 0.5) is 0 Å². The van der Waals surface area contributed by atoms with Crippen molar-refractivity contribution in [3.63, 3.8) is 0 Å². The van der Waals surface area contributed by atoms with E-state index in [2.05, 4.69) is 11.4 Å². The molecule has 2 N–H and O–H groups in total. The number of hydrogen-bond donors (Lipinski definition) is 2. The van der Waals surface area contributed by atoms with E-state index in [0.29, 0.717) is 24.3 Å². The molecular weight excluding hydrogens is 386 g/mol. The smallest absolute Gasteiger partial charge is 0.175 e. The van der Waals surface area contributed by atoms with Crippen LogP contribution in [0.3, 0.4) is 0 Å². The predicted molar refractivity (Wildman–Crippen MR) is 106 cm³/mol. The monoisotopic (exact) mass is 409 g/mol. The summed E-state index contributed by atoms with van der Waals surface area (Å²) in [6, 6.07) is 14.5. The van der Waals surface area contributed by atoms with Crippen LogP contribution in [0.25, 0.3) is 0 Å². The number of halogens is 1. The van der Waals surface area contributed by atoms with Crippen molar-refractivity contribution < 1.29 is 18.3 Å². The topological polar surface area (TPSA) is 75.6 Å². The van der Waals surface area contributed by atoms with E-state index in [9.17, 15) is 13.5 Å². The minimum Gasteiger partial charge on any atom is -0.491 e. The Morgan fingerprint density at radius 3 is 2.56 bits per heavy atom. The van der Waals surface area contributed by atoms with Gasteiger partial charge < -0.3 is 15.2 Å². The molecule has 7 heteroatoms. The fraction of sp³-hybridized carbons (Fsp3) is 0.400. The summed E-state index contributed by atoms with van der Waals surface area (Å²) in [5, 5.41) is 14.2. The Morgan fingerprint density at radius 2 is 1.93 bits per heavy atom. The molecule has 2 aromatic carbocycles. The average molecular weight is 410 g/mol. The van der Waals surface area contributed by atoms with Gasteiger partial charge in [0.1, 0.15) is 18.5 Å². The summed E-state index contributed by atoms with van der Waals surface area (Å²) >= 11 is 6.03. The quantitative estimate of drug-likeness (QED) is 0.700. The molecule has 0 radical (unpaired) electrons. The van der Waals surface area contributed by atoms with Crippen LogP contribution in [0.2, 0.25) is 5.02 Å². The van der Waals surface area contributed by atoms with Gasteiger partial charge in [-0.1, -0.05) is 23.7 Å². The fourth-order valence-electron chi connectivity index (χ4n) is 3.15. The number of ether oxygens (including phenoxy) is 1. The first kappa shape index (κ1) is 20.1. The molecular formula is C20H24ClNO4S. The Bertz CT molecular complexity index is 864. The second-order valence-electron chi connectivity index (χ2n) is 7.04. The van der Waals surface area contributed by atoms with Crippen LogP contribution in [-0.2, 0) is 9.84 Å². The summed E-state index contributed by atoms with van der Waals surface area (Å²) < 4.78 is 28.4. The Labute approximate surface area is 165 Å². The zero-order valence-corrected chi connectivity index (χ0v) is 16.7. The van der Waals surface area contributed by atoms with Crippen molar-refractivity contribution in [2.24, 2.45) is 0 Å². The molecule has 0 bridgehead atoms. The lowest BCUT2D eigenvalue weighted by atomic mass is 9.76. The van der Waals surface area contributed by atoms with Gasteiger partial charge in [-0.2, -0.15) is 0 Å². The van der Waals surface area contributed by atoms with Gasteiger partial charge in [0.25, 0.3) is 0 Å². The molecule has 3 rings (SSSR count). The predicted octanol–water partition coefficient (Wildman–Crippen LogP) is 3.02. The van der Waals surface area contributed by atoms with Gasteiger partial charge in [0.15, 0.2) is 9.84 Å². The van der Waals surface area contributed by atoms with Gasteiger partial charge in [0.05, 0.1) is 4.90 Å². The van der Waals surface area contributed by atoms with Crippen LogP contribution in [-0.4, -0.2) is 45.1 Å². The molecule has 1 saturated carbocycles. The molecule has 0 heterocycles. The van der Waals surface area contributed by atoms with E-state index >= 15 is 0 Å². The molecule has 1 aliphatic rings. The highest BCUT2D eigenvalue weighted by Gasteiger charge is 2.30. The summed E-state index contributed by atoms with van der Waals surface area (Å²) in [6.07, 6.45) is 2.59. The van der Waals surface area contributed by atoms with E-state index in [1.807, 2.05) is 18.2 Å². The van der Waals surface area contributed by atoms with Crippen LogP contribution >= 0.6 is 11.6 Å². The van der Waals surface area contributed by atoms with Crippen molar-refractivity contribution in [3.05, 3.63) is 59.1 Å². The standard InChI is InChI=1S/C20H24ClNO4S/c1-27(24,25)20-7-5-19(6-8-20)26-13-18(23)12-22-17-10-15(11-17)14-3-2-4-16(21)9-14/h2-9,15,17-18,22-23H,10-13H2,1H3/t15?,17?,18-/m1/s1. The summed E-state index contributed by atoms with van der Waals surface area (Å²) in [6.45, 7) is 0.601. The average Bonchev–Trinajstić information content (AvgIpc) is 2.58. The molecule has 0 aliphatic heterocycles. The number of aliphatic hydroxyl groups excluding tert-OH is 1. The van der Waals surface area contributed by atoms with Crippen LogP contribution < -0.4 is 10.1 Å². The molecule has 0 unspecified atom stereocenters. The molecule has 146 valence electrons. The molecule has 0 spiro atoms. The maximum Gasteiger partial charge on any atom is 0.175 e. The third-order valence-corrected chi connectivity index (χ3v) is 6.16. The first-order chi connectivity index (χ1) is 12.8. The maximum atomic E-state index is 11.4. The van der Waals surface area contributed by atoms with Gasteiger partial charge in [-0.25, -0.2) is 8.42 Å². The molecule has 1 aliphatic carbocycles. The largest absolute Gasteiger partial charge is 0.491 e. The van der Waals surface area contributed by atoms with E-state index in [1.54, 1.807) is 12.1 Å². The first-order valence-electron chi connectivity index (χ1n) is 8.91. The first-order valence-corrected chi connectivity index (χ1v) is 11.2. The summed E-state index contributed by atoms with van der Waals surface area (Å²) in [7, 11) is -3.21. The SMILES string of the molecule is CS(=O)(=O)c1ccc(OC[C@H](O)CNC2CC(c3cccc(Cl)c3)C2)cc1. The number of aliphatic hydroxyl groups is 1. The molecule has 2 aromatic rings. The number of benzene rings is 2. The molecule has 0 saturated heterocycles. The van der Waals surface area contributed by atoms with E-state index in [-0.39, 0.29) is 11.5 Å². The Balaban J connectivity index is 1.36. The third kappa shape index (κ3) is 5.69.